The monoisotopic (exact) mass is 364 g/mol. The Morgan fingerprint density at radius 3 is 2.52 bits per heavy atom. The molecule has 1 amide bonds. The molecule has 3 rings (SSSR count). The van der Waals surface area contributed by atoms with Crippen molar-refractivity contribution in [3.05, 3.63) is 35.9 Å². The quantitative estimate of drug-likeness (QED) is 0.825. The molecule has 1 spiro atoms. The van der Waals surface area contributed by atoms with Gasteiger partial charge >= 0.3 is 0 Å². The number of likely N-dealkylation sites (tertiary alicyclic amines) is 1. The first-order chi connectivity index (χ1) is 11.8. The van der Waals surface area contributed by atoms with E-state index in [0.717, 1.165) is 24.8 Å². The predicted octanol–water partition coefficient (Wildman–Crippen LogP) is 2.63. The van der Waals surface area contributed by atoms with E-state index in [1.54, 1.807) is 18.2 Å². The number of piperidine rings is 2. The van der Waals surface area contributed by atoms with E-state index < -0.39 is 15.3 Å². The van der Waals surface area contributed by atoms with Gasteiger partial charge in [-0.1, -0.05) is 30.3 Å². The lowest BCUT2D eigenvalue weighted by atomic mass is 9.74. The summed E-state index contributed by atoms with van der Waals surface area (Å²) in [5, 5.41) is -0.395. The van der Waals surface area contributed by atoms with Crippen LogP contribution in [0.5, 0.6) is 0 Å². The Balaban J connectivity index is 1.76. The van der Waals surface area contributed by atoms with Crippen molar-refractivity contribution in [3.8, 4) is 0 Å². The summed E-state index contributed by atoms with van der Waals surface area (Å²) in [6, 6.07) is 10.0. The third-order valence-electron chi connectivity index (χ3n) is 5.55. The van der Waals surface area contributed by atoms with Crippen LogP contribution in [-0.2, 0) is 21.4 Å². The number of sulfonamides is 1. The van der Waals surface area contributed by atoms with Crippen LogP contribution in [0, 0.1) is 5.41 Å². The third kappa shape index (κ3) is 3.90. The zero-order valence-corrected chi connectivity index (χ0v) is 16.0. The molecule has 1 atom stereocenters. The maximum atomic E-state index is 12.6. The summed E-state index contributed by atoms with van der Waals surface area (Å²) >= 11 is 0. The largest absolute Gasteiger partial charge is 0.338 e. The molecule has 2 saturated heterocycles. The lowest BCUT2D eigenvalue weighted by molar-refractivity contribution is -0.139. The first kappa shape index (κ1) is 18.4. The van der Waals surface area contributed by atoms with E-state index >= 15 is 0 Å². The van der Waals surface area contributed by atoms with Crippen LogP contribution < -0.4 is 0 Å². The molecule has 2 fully saturated rings. The summed E-state index contributed by atoms with van der Waals surface area (Å²) in [6.45, 7) is 5.90. The summed E-state index contributed by atoms with van der Waals surface area (Å²) in [5.74, 6) is 0.179. The van der Waals surface area contributed by atoms with Gasteiger partial charge in [-0.05, 0) is 38.7 Å². The molecule has 0 unspecified atom stereocenters. The van der Waals surface area contributed by atoms with Crippen molar-refractivity contribution in [1.29, 1.82) is 0 Å². The molecule has 0 aromatic heterocycles. The van der Waals surface area contributed by atoms with Crippen molar-refractivity contribution in [1.82, 2.24) is 9.21 Å². The number of carbonyl (C=O) groups is 1. The molecule has 0 N–H and O–H groups in total. The lowest BCUT2D eigenvalue weighted by Gasteiger charge is -2.48. The molecule has 0 aliphatic carbocycles. The van der Waals surface area contributed by atoms with Crippen molar-refractivity contribution in [2.45, 2.75) is 51.3 Å². The van der Waals surface area contributed by atoms with E-state index in [9.17, 15) is 13.2 Å². The average molecular weight is 365 g/mol. The minimum absolute atomic E-state index is 0.0943. The maximum absolute atomic E-state index is 12.6. The van der Waals surface area contributed by atoms with Gasteiger partial charge in [-0.3, -0.25) is 4.79 Å². The molecule has 25 heavy (non-hydrogen) atoms. The molecule has 2 aliphatic rings. The fourth-order valence-corrected chi connectivity index (χ4v) is 5.49. The highest BCUT2D eigenvalue weighted by Gasteiger charge is 2.44. The standard InChI is InChI=1S/C19H28N2O3S/c1-16(2)25(23,24)21-12-6-10-19(15-21)11-9-18(22)20(14-19)13-17-7-4-3-5-8-17/h3-5,7-8,16H,6,9-15H2,1-2H3/t19-/m1/s1. The van der Waals surface area contributed by atoms with E-state index in [4.69, 9.17) is 0 Å². The Bertz CT molecular complexity index is 717. The van der Waals surface area contributed by atoms with Gasteiger partial charge in [0.15, 0.2) is 0 Å². The van der Waals surface area contributed by atoms with Gasteiger partial charge in [0, 0.05) is 38.0 Å². The number of benzene rings is 1. The Labute approximate surface area is 151 Å². The molecule has 138 valence electrons. The summed E-state index contributed by atoms with van der Waals surface area (Å²) in [7, 11) is -3.24. The van der Waals surface area contributed by atoms with Gasteiger partial charge < -0.3 is 4.90 Å². The van der Waals surface area contributed by atoms with Crippen molar-refractivity contribution in [2.75, 3.05) is 19.6 Å². The normalized spacial score (nSPS) is 25.7. The van der Waals surface area contributed by atoms with Crippen LogP contribution in [0.3, 0.4) is 0 Å². The summed E-state index contributed by atoms with van der Waals surface area (Å²) in [5.41, 5.74) is 1.03. The number of hydrogen-bond donors (Lipinski definition) is 0. The second kappa shape index (κ2) is 7.08. The van der Waals surface area contributed by atoms with E-state index in [0.29, 0.717) is 32.6 Å². The van der Waals surface area contributed by atoms with Crippen LogP contribution >= 0.6 is 0 Å². The van der Waals surface area contributed by atoms with E-state index in [2.05, 4.69) is 0 Å². The maximum Gasteiger partial charge on any atom is 0.222 e. The smallest absolute Gasteiger partial charge is 0.222 e. The molecule has 1 aromatic rings. The molecule has 5 nitrogen and oxygen atoms in total. The van der Waals surface area contributed by atoms with E-state index in [1.165, 1.54) is 0 Å². The van der Waals surface area contributed by atoms with Gasteiger partial charge in [0.05, 0.1) is 5.25 Å². The Hall–Kier alpha value is -1.40. The number of rotatable bonds is 4. The van der Waals surface area contributed by atoms with Crippen molar-refractivity contribution >= 4 is 15.9 Å². The van der Waals surface area contributed by atoms with Gasteiger partial charge in [-0.2, -0.15) is 0 Å². The molecule has 0 saturated carbocycles. The Morgan fingerprint density at radius 2 is 1.84 bits per heavy atom. The Morgan fingerprint density at radius 1 is 1.12 bits per heavy atom. The van der Waals surface area contributed by atoms with Crippen LogP contribution in [0.25, 0.3) is 0 Å². The molecule has 0 bridgehead atoms. The predicted molar refractivity (Wildman–Crippen MR) is 98.4 cm³/mol. The van der Waals surface area contributed by atoms with Crippen LogP contribution in [0.1, 0.15) is 45.1 Å². The minimum Gasteiger partial charge on any atom is -0.338 e. The highest BCUT2D eigenvalue weighted by atomic mass is 32.2. The fourth-order valence-electron chi connectivity index (χ4n) is 4.06. The Kier molecular flexibility index (Phi) is 5.21. The first-order valence-electron chi connectivity index (χ1n) is 9.13. The molecule has 0 radical (unpaired) electrons. The summed E-state index contributed by atoms with van der Waals surface area (Å²) in [4.78, 5) is 14.3. The molecule has 1 aromatic carbocycles. The number of carbonyl (C=O) groups excluding carboxylic acids is 1. The number of hydrogen-bond acceptors (Lipinski definition) is 3. The van der Waals surface area contributed by atoms with Crippen molar-refractivity contribution in [3.63, 3.8) is 0 Å². The molecule has 6 heteroatoms. The van der Waals surface area contributed by atoms with E-state index in [-0.39, 0.29) is 11.3 Å². The molecule has 2 aliphatic heterocycles. The van der Waals surface area contributed by atoms with Gasteiger partial charge in [-0.25, -0.2) is 12.7 Å². The zero-order chi connectivity index (χ0) is 18.1. The topological polar surface area (TPSA) is 57.7 Å². The van der Waals surface area contributed by atoms with Gasteiger partial charge in [0.1, 0.15) is 0 Å². The van der Waals surface area contributed by atoms with Gasteiger partial charge in [-0.15, -0.1) is 0 Å². The molecular formula is C19H28N2O3S. The summed E-state index contributed by atoms with van der Waals surface area (Å²) in [6.07, 6.45) is 3.18. The van der Waals surface area contributed by atoms with Crippen LogP contribution in [0.2, 0.25) is 0 Å². The minimum atomic E-state index is -3.24. The van der Waals surface area contributed by atoms with Crippen molar-refractivity contribution in [2.24, 2.45) is 5.41 Å². The van der Waals surface area contributed by atoms with Crippen LogP contribution in [-0.4, -0.2) is 48.4 Å². The zero-order valence-electron chi connectivity index (χ0n) is 15.1. The number of amides is 1. The van der Waals surface area contributed by atoms with Crippen molar-refractivity contribution < 1.29 is 13.2 Å². The molecular weight excluding hydrogens is 336 g/mol. The SMILES string of the molecule is CC(C)S(=O)(=O)N1CCC[C@]2(CCC(=O)N(Cc3ccccc3)C2)C1. The highest BCUT2D eigenvalue weighted by molar-refractivity contribution is 7.89. The van der Waals surface area contributed by atoms with Crippen LogP contribution in [0.15, 0.2) is 30.3 Å². The fraction of sp³-hybridized carbons (Fsp3) is 0.632. The van der Waals surface area contributed by atoms with Gasteiger partial charge in [0.2, 0.25) is 15.9 Å². The summed E-state index contributed by atoms with van der Waals surface area (Å²) < 4.78 is 26.9. The van der Waals surface area contributed by atoms with E-state index in [1.807, 2.05) is 35.2 Å². The molecule has 2 heterocycles. The van der Waals surface area contributed by atoms with Gasteiger partial charge in [0.25, 0.3) is 0 Å². The average Bonchev–Trinajstić information content (AvgIpc) is 2.59. The first-order valence-corrected chi connectivity index (χ1v) is 10.6. The highest BCUT2D eigenvalue weighted by Crippen LogP contribution is 2.40. The second-order valence-corrected chi connectivity index (χ2v) is 10.3. The van der Waals surface area contributed by atoms with Crippen LogP contribution in [0.4, 0.5) is 0 Å². The second-order valence-electron chi connectivity index (χ2n) is 7.77. The lowest BCUT2D eigenvalue weighted by Crippen LogP contribution is -2.55. The number of nitrogens with zero attached hydrogens (tertiary/aromatic N) is 2. The third-order valence-corrected chi connectivity index (χ3v) is 7.77.